The highest BCUT2D eigenvalue weighted by molar-refractivity contribution is 5.82. The molecular formula is C22H35N3O2. The van der Waals surface area contributed by atoms with E-state index in [4.69, 9.17) is 4.74 Å². The number of carbonyl (C=O) groups is 1. The summed E-state index contributed by atoms with van der Waals surface area (Å²) in [5, 5.41) is 3.45. The van der Waals surface area contributed by atoms with E-state index in [1.165, 1.54) is 12.8 Å². The molecule has 0 saturated carbocycles. The van der Waals surface area contributed by atoms with Gasteiger partial charge in [-0.25, -0.2) is 0 Å². The van der Waals surface area contributed by atoms with Crippen LogP contribution in [0, 0.1) is 11.3 Å². The number of piperidine rings is 1. The second-order valence-electron chi connectivity index (χ2n) is 8.89. The standard InChI is InChI=1S/C22H35N3O2/c1-17(2)15-27-20-8-6-5-7-18(20)14-24(3)21(26)19-13-22(16-25(19)4)9-11-23-12-10-22/h5-8,17,19,23H,9-16H2,1-4H3/t19-/m0/s1. The van der Waals surface area contributed by atoms with E-state index >= 15 is 0 Å². The molecule has 5 nitrogen and oxygen atoms in total. The van der Waals surface area contributed by atoms with Gasteiger partial charge in [0, 0.05) is 25.7 Å². The molecule has 5 heteroatoms. The minimum Gasteiger partial charge on any atom is -0.493 e. The molecule has 2 fully saturated rings. The number of likely N-dealkylation sites (N-methyl/N-ethyl adjacent to an activating group) is 2. The van der Waals surface area contributed by atoms with Gasteiger partial charge in [0.15, 0.2) is 0 Å². The molecule has 1 amide bonds. The number of rotatable bonds is 6. The predicted octanol–water partition coefficient (Wildman–Crippen LogP) is 2.75. The molecule has 3 rings (SSSR count). The van der Waals surface area contributed by atoms with Crippen molar-refractivity contribution in [2.45, 2.75) is 45.7 Å². The fourth-order valence-corrected chi connectivity index (χ4v) is 4.48. The summed E-state index contributed by atoms with van der Waals surface area (Å²) in [6, 6.07) is 8.07. The van der Waals surface area contributed by atoms with Crippen molar-refractivity contribution in [3.8, 4) is 5.75 Å². The van der Waals surface area contributed by atoms with Crippen LogP contribution in [0.5, 0.6) is 5.75 Å². The molecule has 1 aromatic carbocycles. The van der Waals surface area contributed by atoms with Crippen molar-refractivity contribution in [2.24, 2.45) is 11.3 Å². The molecule has 2 heterocycles. The van der Waals surface area contributed by atoms with Gasteiger partial charge in [0.05, 0.1) is 12.6 Å². The van der Waals surface area contributed by atoms with Crippen LogP contribution >= 0.6 is 0 Å². The summed E-state index contributed by atoms with van der Waals surface area (Å²) < 4.78 is 5.96. The minimum atomic E-state index is -0.00292. The monoisotopic (exact) mass is 373 g/mol. The molecule has 1 N–H and O–H groups in total. The normalized spacial score (nSPS) is 22.3. The zero-order valence-corrected chi connectivity index (χ0v) is 17.3. The number of nitrogens with zero attached hydrogens (tertiary/aromatic N) is 2. The van der Waals surface area contributed by atoms with Crippen LogP contribution in [0.4, 0.5) is 0 Å². The first kappa shape index (κ1) is 20.2. The van der Waals surface area contributed by atoms with Gasteiger partial charge in [-0.2, -0.15) is 0 Å². The lowest BCUT2D eigenvalue weighted by molar-refractivity contribution is -0.134. The topological polar surface area (TPSA) is 44.8 Å². The minimum absolute atomic E-state index is 0.00292. The molecule has 1 aromatic rings. The van der Waals surface area contributed by atoms with E-state index in [0.717, 1.165) is 37.4 Å². The average Bonchev–Trinajstić information content (AvgIpc) is 2.96. The van der Waals surface area contributed by atoms with Gasteiger partial charge < -0.3 is 15.0 Å². The Bertz CT molecular complexity index is 640. The Morgan fingerprint density at radius 1 is 1.33 bits per heavy atom. The van der Waals surface area contributed by atoms with Crippen LogP contribution in [-0.4, -0.2) is 62.1 Å². The number of ether oxygens (including phenoxy) is 1. The van der Waals surface area contributed by atoms with Gasteiger partial charge in [-0.1, -0.05) is 32.0 Å². The Morgan fingerprint density at radius 2 is 2.04 bits per heavy atom. The fraction of sp³-hybridized carbons (Fsp3) is 0.682. The molecule has 150 valence electrons. The molecule has 0 unspecified atom stereocenters. The van der Waals surface area contributed by atoms with E-state index in [-0.39, 0.29) is 11.9 Å². The molecule has 2 aliphatic heterocycles. The highest BCUT2D eigenvalue weighted by atomic mass is 16.5. The maximum Gasteiger partial charge on any atom is 0.239 e. The molecule has 1 spiro atoms. The van der Waals surface area contributed by atoms with Crippen LogP contribution < -0.4 is 10.1 Å². The summed E-state index contributed by atoms with van der Waals surface area (Å²) in [4.78, 5) is 17.3. The zero-order chi connectivity index (χ0) is 19.4. The van der Waals surface area contributed by atoms with Gasteiger partial charge in [-0.05, 0) is 56.8 Å². The van der Waals surface area contributed by atoms with Crippen molar-refractivity contribution < 1.29 is 9.53 Å². The number of hydrogen-bond donors (Lipinski definition) is 1. The molecule has 27 heavy (non-hydrogen) atoms. The van der Waals surface area contributed by atoms with Gasteiger partial charge >= 0.3 is 0 Å². The Morgan fingerprint density at radius 3 is 2.74 bits per heavy atom. The van der Waals surface area contributed by atoms with E-state index in [9.17, 15) is 4.79 Å². The molecule has 0 aliphatic carbocycles. The molecule has 2 aliphatic rings. The third-order valence-corrected chi connectivity index (χ3v) is 6.02. The number of benzene rings is 1. The number of hydrogen-bond acceptors (Lipinski definition) is 4. The molecule has 1 atom stereocenters. The van der Waals surface area contributed by atoms with Crippen molar-refractivity contribution in [3.05, 3.63) is 29.8 Å². The maximum atomic E-state index is 13.2. The Hall–Kier alpha value is -1.59. The van der Waals surface area contributed by atoms with Gasteiger partial charge in [0.1, 0.15) is 5.75 Å². The number of para-hydroxylation sites is 1. The summed E-state index contributed by atoms with van der Waals surface area (Å²) in [5.74, 6) is 1.60. The summed E-state index contributed by atoms with van der Waals surface area (Å²) in [6.07, 6.45) is 3.34. The van der Waals surface area contributed by atoms with Crippen LogP contribution in [0.1, 0.15) is 38.7 Å². The highest BCUT2D eigenvalue weighted by Gasteiger charge is 2.46. The number of likely N-dealkylation sites (tertiary alicyclic amines) is 1. The quantitative estimate of drug-likeness (QED) is 0.833. The van der Waals surface area contributed by atoms with Crippen molar-refractivity contribution in [3.63, 3.8) is 0 Å². The summed E-state index contributed by atoms with van der Waals surface area (Å²) in [7, 11) is 4.02. The summed E-state index contributed by atoms with van der Waals surface area (Å²) >= 11 is 0. The zero-order valence-electron chi connectivity index (χ0n) is 17.3. The number of amides is 1. The van der Waals surface area contributed by atoms with Crippen LogP contribution in [0.15, 0.2) is 24.3 Å². The van der Waals surface area contributed by atoms with E-state index in [0.29, 0.717) is 24.5 Å². The maximum absolute atomic E-state index is 13.2. The lowest BCUT2D eigenvalue weighted by Gasteiger charge is -2.33. The Labute approximate surface area is 164 Å². The van der Waals surface area contributed by atoms with Crippen molar-refractivity contribution in [1.82, 2.24) is 15.1 Å². The second-order valence-corrected chi connectivity index (χ2v) is 8.89. The van der Waals surface area contributed by atoms with Crippen molar-refractivity contribution in [2.75, 3.05) is 40.3 Å². The predicted molar refractivity (Wildman–Crippen MR) is 109 cm³/mol. The number of nitrogens with one attached hydrogen (secondary N) is 1. The van der Waals surface area contributed by atoms with E-state index in [2.05, 4.69) is 37.2 Å². The second kappa shape index (κ2) is 8.61. The molecule has 0 bridgehead atoms. The van der Waals surface area contributed by atoms with Crippen LogP contribution in [0.25, 0.3) is 0 Å². The highest BCUT2D eigenvalue weighted by Crippen LogP contribution is 2.41. The van der Waals surface area contributed by atoms with Crippen molar-refractivity contribution in [1.29, 1.82) is 0 Å². The first-order chi connectivity index (χ1) is 12.9. The molecule has 0 radical (unpaired) electrons. The van der Waals surface area contributed by atoms with E-state index in [1.54, 1.807) is 0 Å². The van der Waals surface area contributed by atoms with E-state index < -0.39 is 0 Å². The first-order valence-electron chi connectivity index (χ1n) is 10.3. The Balaban J connectivity index is 1.64. The Kier molecular flexibility index (Phi) is 6.43. The van der Waals surface area contributed by atoms with Crippen LogP contribution in [-0.2, 0) is 11.3 Å². The van der Waals surface area contributed by atoms with Crippen LogP contribution in [0.2, 0.25) is 0 Å². The van der Waals surface area contributed by atoms with Gasteiger partial charge in [-0.15, -0.1) is 0 Å². The smallest absolute Gasteiger partial charge is 0.239 e. The molecular weight excluding hydrogens is 338 g/mol. The lowest BCUT2D eigenvalue weighted by atomic mass is 9.77. The molecule has 2 saturated heterocycles. The third kappa shape index (κ3) is 4.82. The average molecular weight is 374 g/mol. The lowest BCUT2D eigenvalue weighted by Crippen LogP contribution is -2.42. The molecule has 0 aromatic heterocycles. The largest absolute Gasteiger partial charge is 0.493 e. The van der Waals surface area contributed by atoms with Gasteiger partial charge in [-0.3, -0.25) is 9.69 Å². The van der Waals surface area contributed by atoms with Gasteiger partial charge in [0.25, 0.3) is 0 Å². The first-order valence-corrected chi connectivity index (χ1v) is 10.3. The third-order valence-electron chi connectivity index (χ3n) is 6.02. The van der Waals surface area contributed by atoms with Crippen molar-refractivity contribution >= 4 is 5.91 Å². The van der Waals surface area contributed by atoms with E-state index in [1.807, 2.05) is 30.1 Å². The van der Waals surface area contributed by atoms with Crippen LogP contribution in [0.3, 0.4) is 0 Å². The summed E-state index contributed by atoms with van der Waals surface area (Å²) in [5.41, 5.74) is 1.39. The number of carbonyl (C=O) groups excluding carboxylic acids is 1. The fourth-order valence-electron chi connectivity index (χ4n) is 4.48. The van der Waals surface area contributed by atoms with Gasteiger partial charge in [0.2, 0.25) is 5.91 Å². The summed E-state index contributed by atoms with van der Waals surface area (Å²) in [6.45, 7) is 8.75. The SMILES string of the molecule is CC(C)COc1ccccc1CN(C)C(=O)[C@@H]1CC2(CCNCC2)CN1C.